The number of ether oxygens (including phenoxy) is 2. The van der Waals surface area contributed by atoms with Gasteiger partial charge in [-0.05, 0) is 6.42 Å². The average Bonchev–Trinajstić information content (AvgIpc) is 2.83. The summed E-state index contributed by atoms with van der Waals surface area (Å²) in [6, 6.07) is 0.170. The van der Waals surface area contributed by atoms with Crippen molar-refractivity contribution in [1.29, 1.82) is 0 Å². The Labute approximate surface area is 202 Å². The normalized spacial score (nSPS) is 11.8. The van der Waals surface area contributed by atoms with Crippen LogP contribution in [0.5, 0.6) is 12.0 Å². The molecule has 0 spiro atoms. The van der Waals surface area contributed by atoms with Crippen molar-refractivity contribution in [2.45, 2.75) is 116 Å². The minimum Gasteiger partial charge on any atom is -0.459 e. The lowest BCUT2D eigenvalue weighted by molar-refractivity contribution is 0.292. The Balaban J connectivity index is 2.13. The molecule has 0 aromatic carbocycles. The summed E-state index contributed by atoms with van der Waals surface area (Å²) in [5.74, 6) is 0.508. The third-order valence-corrected chi connectivity index (χ3v) is 5.72. The lowest BCUT2D eigenvalue weighted by atomic mass is 10.0. The van der Waals surface area contributed by atoms with E-state index >= 15 is 0 Å². The molecule has 6 nitrogen and oxygen atoms in total. The first-order valence-electron chi connectivity index (χ1n) is 13.2. The molecule has 1 aromatic heterocycles. The van der Waals surface area contributed by atoms with Gasteiger partial charge in [-0.3, -0.25) is 0 Å². The van der Waals surface area contributed by atoms with Crippen LogP contribution in [0.25, 0.3) is 0 Å². The van der Waals surface area contributed by atoms with E-state index in [2.05, 4.69) is 35.0 Å². The van der Waals surface area contributed by atoms with Gasteiger partial charge in [0.1, 0.15) is 13.2 Å². The van der Waals surface area contributed by atoms with Gasteiger partial charge in [-0.1, -0.05) is 129 Å². The van der Waals surface area contributed by atoms with Crippen molar-refractivity contribution in [1.82, 2.24) is 15.0 Å². The maximum atomic E-state index is 6.34. The Morgan fingerprint density at radius 3 is 1.45 bits per heavy atom. The average molecular weight is 461 g/mol. The predicted molar refractivity (Wildman–Crippen MR) is 138 cm³/mol. The maximum Gasteiger partial charge on any atom is 0.323 e. The summed E-state index contributed by atoms with van der Waals surface area (Å²) in [4.78, 5) is 12.8. The highest BCUT2D eigenvalue weighted by Gasteiger charge is 2.15. The summed E-state index contributed by atoms with van der Waals surface area (Å²) in [6.07, 6.45) is 24.4. The van der Waals surface area contributed by atoms with Crippen LogP contribution < -0.4 is 15.2 Å². The standard InChI is InChI=1S/C27H48N4O2/c1-4-7-8-9-10-11-12-13-14-15-16-17-18-19-20-21-24(28)25-29-26(32-22-5-2)31-27(30-25)33-23-6-3/h5-6,24H,2-4,7-23,28H2,1H3. The molecule has 0 saturated carbocycles. The van der Waals surface area contributed by atoms with E-state index in [0.29, 0.717) is 19.0 Å². The van der Waals surface area contributed by atoms with E-state index < -0.39 is 0 Å². The third kappa shape index (κ3) is 15.5. The van der Waals surface area contributed by atoms with Gasteiger partial charge in [0.2, 0.25) is 0 Å². The summed E-state index contributed by atoms with van der Waals surface area (Å²) in [5, 5.41) is 0. The van der Waals surface area contributed by atoms with E-state index in [4.69, 9.17) is 15.2 Å². The molecule has 1 rings (SSSR count). The van der Waals surface area contributed by atoms with Crippen LogP contribution in [0.3, 0.4) is 0 Å². The van der Waals surface area contributed by atoms with E-state index in [0.717, 1.165) is 12.8 Å². The number of hydrogen-bond donors (Lipinski definition) is 1. The molecule has 1 heterocycles. The third-order valence-electron chi connectivity index (χ3n) is 5.72. The van der Waals surface area contributed by atoms with Crippen LogP contribution in [0.15, 0.2) is 25.3 Å². The molecule has 33 heavy (non-hydrogen) atoms. The summed E-state index contributed by atoms with van der Waals surface area (Å²) in [6.45, 7) is 10.2. The molecule has 0 saturated heterocycles. The van der Waals surface area contributed by atoms with E-state index in [1.807, 2.05) is 0 Å². The summed E-state index contributed by atoms with van der Waals surface area (Å²) < 4.78 is 10.9. The van der Waals surface area contributed by atoms with Gasteiger partial charge in [0, 0.05) is 0 Å². The maximum absolute atomic E-state index is 6.34. The van der Waals surface area contributed by atoms with Crippen molar-refractivity contribution in [2.24, 2.45) is 5.73 Å². The van der Waals surface area contributed by atoms with Crippen LogP contribution in [0.4, 0.5) is 0 Å². The van der Waals surface area contributed by atoms with Crippen molar-refractivity contribution >= 4 is 0 Å². The molecule has 0 bridgehead atoms. The molecule has 0 aliphatic rings. The molecule has 0 aliphatic carbocycles. The lowest BCUT2D eigenvalue weighted by Crippen LogP contribution is -2.16. The van der Waals surface area contributed by atoms with Crippen LogP contribution in [0.1, 0.15) is 122 Å². The van der Waals surface area contributed by atoms with Crippen molar-refractivity contribution in [2.75, 3.05) is 13.2 Å². The smallest absolute Gasteiger partial charge is 0.323 e. The number of unbranched alkanes of at least 4 members (excludes halogenated alkanes) is 14. The van der Waals surface area contributed by atoms with Gasteiger partial charge in [-0.25, -0.2) is 0 Å². The molecule has 1 unspecified atom stereocenters. The fraction of sp³-hybridized carbons (Fsp3) is 0.741. The monoisotopic (exact) mass is 460 g/mol. The van der Waals surface area contributed by atoms with Crippen LogP contribution in [-0.4, -0.2) is 28.2 Å². The van der Waals surface area contributed by atoms with E-state index in [1.165, 1.54) is 89.9 Å². The number of rotatable bonds is 23. The zero-order chi connectivity index (χ0) is 24.0. The highest BCUT2D eigenvalue weighted by molar-refractivity contribution is 5.08. The van der Waals surface area contributed by atoms with Crippen LogP contribution >= 0.6 is 0 Å². The molecule has 0 fully saturated rings. The molecule has 1 aromatic rings. The SMILES string of the molecule is C=CCOc1nc(OCC=C)nc(C(N)CCCCCCCCCCCCCCCCC)n1. The Morgan fingerprint density at radius 2 is 1.06 bits per heavy atom. The number of nitrogens with zero attached hydrogens (tertiary/aromatic N) is 3. The zero-order valence-corrected chi connectivity index (χ0v) is 21.1. The van der Waals surface area contributed by atoms with Crippen molar-refractivity contribution < 1.29 is 9.47 Å². The Morgan fingerprint density at radius 1 is 0.667 bits per heavy atom. The molecule has 0 amide bonds. The van der Waals surface area contributed by atoms with Crippen LogP contribution in [0, 0.1) is 0 Å². The summed E-state index contributed by atoms with van der Waals surface area (Å²) in [7, 11) is 0. The Bertz CT molecular complexity index is 594. The first-order chi connectivity index (χ1) is 16.2. The van der Waals surface area contributed by atoms with Gasteiger partial charge < -0.3 is 15.2 Å². The van der Waals surface area contributed by atoms with Gasteiger partial charge in [0.25, 0.3) is 0 Å². The van der Waals surface area contributed by atoms with E-state index in [-0.39, 0.29) is 18.1 Å². The second-order valence-corrected chi connectivity index (χ2v) is 8.80. The summed E-state index contributed by atoms with van der Waals surface area (Å²) in [5.41, 5.74) is 6.34. The first-order valence-corrected chi connectivity index (χ1v) is 13.2. The minimum absolute atomic E-state index is 0.214. The Kier molecular flexibility index (Phi) is 18.2. The largest absolute Gasteiger partial charge is 0.459 e. The van der Waals surface area contributed by atoms with Crippen molar-refractivity contribution in [3.8, 4) is 12.0 Å². The van der Waals surface area contributed by atoms with Gasteiger partial charge in [0.05, 0.1) is 6.04 Å². The number of nitrogens with two attached hydrogens (primary N) is 1. The zero-order valence-electron chi connectivity index (χ0n) is 21.1. The predicted octanol–water partition coefficient (Wildman–Crippen LogP) is 7.26. The molecule has 6 heteroatoms. The molecule has 1 atom stereocenters. The second-order valence-electron chi connectivity index (χ2n) is 8.80. The molecule has 2 N–H and O–H groups in total. The van der Waals surface area contributed by atoms with Gasteiger partial charge in [0.15, 0.2) is 5.82 Å². The lowest BCUT2D eigenvalue weighted by Gasteiger charge is -2.12. The molecular weight excluding hydrogens is 412 g/mol. The number of aromatic nitrogens is 3. The number of hydrogen-bond acceptors (Lipinski definition) is 6. The molecule has 0 aliphatic heterocycles. The van der Waals surface area contributed by atoms with Crippen LogP contribution in [0.2, 0.25) is 0 Å². The van der Waals surface area contributed by atoms with E-state index in [9.17, 15) is 0 Å². The van der Waals surface area contributed by atoms with Gasteiger partial charge in [-0.15, -0.1) is 4.98 Å². The summed E-state index contributed by atoms with van der Waals surface area (Å²) >= 11 is 0. The fourth-order valence-corrected chi connectivity index (χ4v) is 3.78. The first kappa shape index (κ1) is 29.1. The Hall–Kier alpha value is -1.95. The van der Waals surface area contributed by atoms with Crippen LogP contribution in [-0.2, 0) is 0 Å². The van der Waals surface area contributed by atoms with Gasteiger partial charge >= 0.3 is 12.0 Å². The highest BCUT2D eigenvalue weighted by Crippen LogP contribution is 2.20. The van der Waals surface area contributed by atoms with E-state index in [1.54, 1.807) is 12.2 Å². The van der Waals surface area contributed by atoms with Crippen molar-refractivity contribution in [3.05, 3.63) is 31.1 Å². The highest BCUT2D eigenvalue weighted by atomic mass is 16.5. The fourth-order valence-electron chi connectivity index (χ4n) is 3.78. The second kappa shape index (κ2) is 20.6. The molecule has 0 radical (unpaired) electrons. The molecule has 188 valence electrons. The topological polar surface area (TPSA) is 83.2 Å². The molecular formula is C27H48N4O2. The van der Waals surface area contributed by atoms with Crippen molar-refractivity contribution in [3.63, 3.8) is 0 Å². The minimum atomic E-state index is -0.257. The van der Waals surface area contributed by atoms with Gasteiger partial charge in [-0.2, -0.15) is 9.97 Å². The quantitative estimate of drug-likeness (QED) is 0.137.